The second kappa shape index (κ2) is 4.38. The lowest BCUT2D eigenvalue weighted by Gasteiger charge is -2.08. The van der Waals surface area contributed by atoms with Crippen molar-refractivity contribution in [1.29, 1.82) is 0 Å². The van der Waals surface area contributed by atoms with Crippen molar-refractivity contribution in [2.45, 2.75) is 20.0 Å². The summed E-state index contributed by atoms with van der Waals surface area (Å²) in [5.74, 6) is 0.526. The minimum atomic E-state index is -4.36. The predicted octanol–water partition coefficient (Wildman–Crippen LogP) is 4.00. The van der Waals surface area contributed by atoms with E-state index >= 15 is 0 Å². The van der Waals surface area contributed by atoms with E-state index in [1.807, 2.05) is 30.5 Å². The molecule has 0 aliphatic carbocycles. The Kier molecular flexibility index (Phi) is 2.86. The molecule has 1 aromatic carbocycles. The van der Waals surface area contributed by atoms with Crippen molar-refractivity contribution in [3.63, 3.8) is 0 Å². The highest BCUT2D eigenvalue weighted by Crippen LogP contribution is 2.33. The van der Waals surface area contributed by atoms with E-state index in [0.29, 0.717) is 16.7 Å². The van der Waals surface area contributed by atoms with Crippen molar-refractivity contribution in [2.75, 3.05) is 0 Å². The van der Waals surface area contributed by atoms with Crippen LogP contribution in [-0.2, 0) is 13.2 Å². The maximum Gasteiger partial charge on any atom is 0.416 e. The van der Waals surface area contributed by atoms with Crippen LogP contribution in [0.15, 0.2) is 30.3 Å². The van der Waals surface area contributed by atoms with E-state index in [0.717, 1.165) is 23.5 Å². The molecule has 0 atom stereocenters. The molecule has 0 amide bonds. The lowest BCUT2D eigenvalue weighted by molar-refractivity contribution is -0.137. The highest BCUT2D eigenvalue weighted by molar-refractivity contribution is 5.87. The number of hydrogen-bond donors (Lipinski definition) is 0. The average molecular weight is 293 g/mol. The topological polar surface area (TPSA) is 22.8 Å². The number of nitrogens with zero attached hydrogens (tertiary/aromatic N) is 3. The molecule has 0 spiro atoms. The maximum atomic E-state index is 12.9. The summed E-state index contributed by atoms with van der Waals surface area (Å²) in [5.41, 5.74) is 1.88. The van der Waals surface area contributed by atoms with Gasteiger partial charge >= 0.3 is 6.18 Å². The number of hydrogen-bond acceptors (Lipinski definition) is 1. The third kappa shape index (κ3) is 2.11. The monoisotopic (exact) mass is 293 g/mol. The fraction of sp³-hybridized carbons (Fsp3) is 0.267. The smallest absolute Gasteiger partial charge is 0.301 e. The van der Waals surface area contributed by atoms with Crippen molar-refractivity contribution in [1.82, 2.24) is 14.3 Å². The summed E-state index contributed by atoms with van der Waals surface area (Å²) in [6, 6.07) is 7.55. The number of aromatic nitrogens is 3. The van der Waals surface area contributed by atoms with E-state index in [1.54, 1.807) is 11.7 Å². The number of alkyl halides is 3. The molecule has 3 nitrogen and oxygen atoms in total. The van der Waals surface area contributed by atoms with E-state index in [9.17, 15) is 13.2 Å². The van der Waals surface area contributed by atoms with Crippen molar-refractivity contribution in [3.05, 3.63) is 47.3 Å². The van der Waals surface area contributed by atoms with Gasteiger partial charge in [0, 0.05) is 23.8 Å². The zero-order valence-electron chi connectivity index (χ0n) is 11.9. The second-order valence-electron chi connectivity index (χ2n) is 5.13. The second-order valence-corrected chi connectivity index (χ2v) is 5.13. The summed E-state index contributed by atoms with van der Waals surface area (Å²) in [7, 11) is 1.73. The van der Waals surface area contributed by atoms with Crippen molar-refractivity contribution >= 4 is 10.9 Å². The molecule has 2 aromatic heterocycles. The van der Waals surface area contributed by atoms with Gasteiger partial charge in [0.15, 0.2) is 5.82 Å². The Morgan fingerprint density at radius 2 is 1.62 bits per heavy atom. The zero-order valence-corrected chi connectivity index (χ0v) is 11.9. The van der Waals surface area contributed by atoms with Gasteiger partial charge < -0.3 is 4.57 Å². The third-order valence-corrected chi connectivity index (χ3v) is 3.64. The van der Waals surface area contributed by atoms with Gasteiger partial charge in [-0.2, -0.15) is 18.3 Å². The van der Waals surface area contributed by atoms with Gasteiger partial charge in [0.1, 0.15) is 0 Å². The van der Waals surface area contributed by atoms with Crippen molar-refractivity contribution < 1.29 is 13.2 Å². The van der Waals surface area contributed by atoms with Gasteiger partial charge in [0.25, 0.3) is 0 Å². The Morgan fingerprint density at radius 1 is 1.00 bits per heavy atom. The Labute approximate surface area is 119 Å². The van der Waals surface area contributed by atoms with Crippen LogP contribution in [0.3, 0.4) is 0 Å². The van der Waals surface area contributed by atoms with Crippen LogP contribution in [-0.4, -0.2) is 14.3 Å². The first-order valence-electron chi connectivity index (χ1n) is 6.48. The molecule has 0 saturated carbocycles. The fourth-order valence-electron chi connectivity index (χ4n) is 2.59. The first-order chi connectivity index (χ1) is 9.79. The van der Waals surface area contributed by atoms with Gasteiger partial charge in [-0.3, -0.25) is 4.68 Å². The molecule has 0 saturated heterocycles. The Morgan fingerprint density at radius 3 is 2.19 bits per heavy atom. The summed E-state index contributed by atoms with van der Waals surface area (Å²) < 4.78 is 42.2. The highest BCUT2D eigenvalue weighted by atomic mass is 19.4. The number of aryl methyl sites for hydroxylation is 3. The minimum Gasteiger partial charge on any atom is -0.301 e. The largest absolute Gasteiger partial charge is 0.416 e. The molecule has 110 valence electrons. The Bertz CT molecular complexity index is 805. The Hall–Kier alpha value is -2.24. The van der Waals surface area contributed by atoms with Crippen LogP contribution in [0, 0.1) is 13.8 Å². The molecule has 0 radical (unpaired) electrons. The molecule has 3 aromatic rings. The van der Waals surface area contributed by atoms with Crippen LogP contribution in [0.25, 0.3) is 16.7 Å². The van der Waals surface area contributed by atoms with E-state index in [-0.39, 0.29) is 0 Å². The number of halogens is 3. The van der Waals surface area contributed by atoms with E-state index in [4.69, 9.17) is 0 Å². The lowest BCUT2D eigenvalue weighted by atomic mass is 10.1. The molecule has 2 heterocycles. The fourth-order valence-corrected chi connectivity index (χ4v) is 2.59. The standard InChI is InChI=1S/C15H14F3N3/c1-9-4-5-10(2)21(9)14-12-8-11(15(16,17)18)6-7-13(12)20(3)19-14/h4-8H,1-3H3. The lowest BCUT2D eigenvalue weighted by Crippen LogP contribution is -2.05. The third-order valence-electron chi connectivity index (χ3n) is 3.64. The van der Waals surface area contributed by atoms with Crippen LogP contribution < -0.4 is 0 Å². The van der Waals surface area contributed by atoms with E-state index in [2.05, 4.69) is 5.10 Å². The molecule has 0 fully saturated rings. The van der Waals surface area contributed by atoms with Gasteiger partial charge in [-0.15, -0.1) is 0 Å². The summed E-state index contributed by atoms with van der Waals surface area (Å²) in [6.45, 7) is 3.81. The normalized spacial score (nSPS) is 12.3. The summed E-state index contributed by atoms with van der Waals surface area (Å²) >= 11 is 0. The van der Waals surface area contributed by atoms with Crippen LogP contribution in [0.4, 0.5) is 13.2 Å². The van der Waals surface area contributed by atoms with Crippen LogP contribution in [0.1, 0.15) is 17.0 Å². The van der Waals surface area contributed by atoms with Crippen LogP contribution >= 0.6 is 0 Å². The molecule has 0 unspecified atom stereocenters. The van der Waals surface area contributed by atoms with Gasteiger partial charge in [-0.25, -0.2) is 0 Å². The number of fused-ring (bicyclic) bond motifs is 1. The van der Waals surface area contributed by atoms with Crippen LogP contribution in [0.5, 0.6) is 0 Å². The summed E-state index contributed by atoms with van der Waals surface area (Å²) in [4.78, 5) is 0. The number of rotatable bonds is 1. The zero-order chi connectivity index (χ0) is 15.4. The van der Waals surface area contributed by atoms with Gasteiger partial charge in [-0.1, -0.05) is 0 Å². The molecule has 0 aliphatic heterocycles. The molecular weight excluding hydrogens is 279 g/mol. The molecule has 21 heavy (non-hydrogen) atoms. The first-order valence-corrected chi connectivity index (χ1v) is 6.48. The average Bonchev–Trinajstić information content (AvgIpc) is 2.89. The molecule has 0 bridgehead atoms. The molecular formula is C15H14F3N3. The predicted molar refractivity (Wildman–Crippen MR) is 74.5 cm³/mol. The van der Waals surface area contributed by atoms with Gasteiger partial charge in [-0.05, 0) is 44.2 Å². The van der Waals surface area contributed by atoms with Crippen LogP contribution in [0.2, 0.25) is 0 Å². The van der Waals surface area contributed by atoms with E-state index < -0.39 is 11.7 Å². The number of benzene rings is 1. The summed E-state index contributed by atoms with van der Waals surface area (Å²) in [5, 5.41) is 4.88. The Balaban J connectivity index is 2.33. The first kappa shape index (κ1) is 13.7. The molecule has 6 heteroatoms. The molecule has 0 N–H and O–H groups in total. The van der Waals surface area contributed by atoms with Crippen molar-refractivity contribution in [2.24, 2.45) is 7.05 Å². The van der Waals surface area contributed by atoms with E-state index in [1.165, 1.54) is 6.07 Å². The molecule has 0 aliphatic rings. The SMILES string of the molecule is Cc1ccc(C)n1-c1nn(C)c2ccc(C(F)(F)F)cc12. The summed E-state index contributed by atoms with van der Waals surface area (Å²) in [6.07, 6.45) is -4.36. The van der Waals surface area contributed by atoms with Gasteiger partial charge in [0.2, 0.25) is 0 Å². The van der Waals surface area contributed by atoms with Crippen molar-refractivity contribution in [3.8, 4) is 5.82 Å². The quantitative estimate of drug-likeness (QED) is 0.665. The van der Waals surface area contributed by atoms with Gasteiger partial charge in [0.05, 0.1) is 11.1 Å². The highest BCUT2D eigenvalue weighted by Gasteiger charge is 2.31. The maximum absolute atomic E-state index is 12.9. The minimum absolute atomic E-state index is 0.495. The molecule has 3 rings (SSSR count).